The Morgan fingerprint density at radius 1 is 1.37 bits per heavy atom. The molecule has 0 heterocycles. The summed E-state index contributed by atoms with van der Waals surface area (Å²) in [6.07, 6.45) is 4.72. The predicted octanol–water partition coefficient (Wildman–Crippen LogP) is 3.85. The molecule has 1 aliphatic carbocycles. The van der Waals surface area contributed by atoms with Crippen molar-refractivity contribution in [3.05, 3.63) is 29.8 Å². The van der Waals surface area contributed by atoms with Crippen LogP contribution in [0.4, 0.5) is 5.69 Å². The van der Waals surface area contributed by atoms with Gasteiger partial charge in [0.25, 0.3) is 0 Å². The highest BCUT2D eigenvalue weighted by Crippen LogP contribution is 2.21. The maximum Gasteiger partial charge on any atom is 0.191 e. The fraction of sp³-hybridized carbons (Fsp3) is 0.467. The van der Waals surface area contributed by atoms with Crippen LogP contribution in [-0.2, 0) is 0 Å². The highest BCUT2D eigenvalue weighted by molar-refractivity contribution is 7.80. The third kappa shape index (κ3) is 4.31. The first-order valence-corrected chi connectivity index (χ1v) is 7.24. The number of hydrazone groups is 1. The van der Waals surface area contributed by atoms with Crippen LogP contribution in [0.5, 0.6) is 0 Å². The van der Waals surface area contributed by atoms with Gasteiger partial charge >= 0.3 is 0 Å². The number of thiocarbonyl (C=S) groups is 1. The molecule has 0 aliphatic heterocycles. The minimum Gasteiger partial charge on any atom is -0.331 e. The molecule has 1 atom stereocenters. The number of anilines is 1. The second-order valence-corrected chi connectivity index (χ2v) is 5.67. The molecule has 3 nitrogen and oxygen atoms in total. The lowest BCUT2D eigenvalue weighted by Gasteiger charge is -2.19. The summed E-state index contributed by atoms with van der Waals surface area (Å²) in [5.41, 5.74) is 6.38. The van der Waals surface area contributed by atoms with E-state index in [1.807, 2.05) is 18.2 Å². The normalized spacial score (nSPS) is 21.2. The van der Waals surface area contributed by atoms with Crippen LogP contribution in [0.25, 0.3) is 0 Å². The maximum atomic E-state index is 5.26. The minimum absolute atomic E-state index is 0.556. The number of nitrogens with one attached hydrogen (secondary N) is 2. The number of hydrogen-bond acceptors (Lipinski definition) is 2. The number of hydrogen-bond donors (Lipinski definition) is 2. The molecular formula is C15H21N3S. The average molecular weight is 275 g/mol. The molecular weight excluding hydrogens is 254 g/mol. The Hall–Kier alpha value is -1.42. The molecule has 0 bridgehead atoms. The van der Waals surface area contributed by atoms with Crippen molar-refractivity contribution in [2.45, 2.75) is 39.5 Å². The van der Waals surface area contributed by atoms with Crippen molar-refractivity contribution in [2.24, 2.45) is 11.0 Å². The van der Waals surface area contributed by atoms with Crippen LogP contribution in [0.3, 0.4) is 0 Å². The van der Waals surface area contributed by atoms with Crippen LogP contribution in [-0.4, -0.2) is 10.8 Å². The van der Waals surface area contributed by atoms with Gasteiger partial charge in [0, 0.05) is 11.4 Å². The van der Waals surface area contributed by atoms with E-state index in [4.69, 9.17) is 12.2 Å². The van der Waals surface area contributed by atoms with E-state index in [0.717, 1.165) is 24.4 Å². The average Bonchev–Trinajstić information content (AvgIpc) is 2.39. The van der Waals surface area contributed by atoms with Crippen molar-refractivity contribution in [1.29, 1.82) is 0 Å². The van der Waals surface area contributed by atoms with Crippen molar-refractivity contribution in [3.63, 3.8) is 0 Å². The zero-order chi connectivity index (χ0) is 13.7. The lowest BCUT2D eigenvalue weighted by atomic mass is 9.89. The van der Waals surface area contributed by atoms with Crippen molar-refractivity contribution < 1.29 is 0 Å². The van der Waals surface area contributed by atoms with Gasteiger partial charge in [-0.1, -0.05) is 25.1 Å². The molecule has 0 spiro atoms. The van der Waals surface area contributed by atoms with E-state index in [-0.39, 0.29) is 0 Å². The summed E-state index contributed by atoms with van der Waals surface area (Å²) < 4.78 is 0. The van der Waals surface area contributed by atoms with Gasteiger partial charge in [-0.3, -0.25) is 5.43 Å². The Balaban J connectivity index is 1.88. The molecule has 0 saturated heterocycles. The summed E-state index contributed by atoms with van der Waals surface area (Å²) in [6, 6.07) is 8.08. The van der Waals surface area contributed by atoms with Crippen LogP contribution in [0.2, 0.25) is 0 Å². The molecule has 2 rings (SSSR count). The highest BCUT2D eigenvalue weighted by atomic mass is 32.1. The minimum atomic E-state index is 0.556. The van der Waals surface area contributed by atoms with Crippen molar-refractivity contribution in [1.82, 2.24) is 5.43 Å². The number of benzene rings is 1. The predicted molar refractivity (Wildman–Crippen MR) is 85.6 cm³/mol. The van der Waals surface area contributed by atoms with E-state index < -0.39 is 0 Å². The van der Waals surface area contributed by atoms with Gasteiger partial charge in [0.15, 0.2) is 5.11 Å². The number of rotatable bonds is 2. The molecule has 1 saturated carbocycles. The van der Waals surface area contributed by atoms with Crippen LogP contribution in [0.1, 0.15) is 38.2 Å². The second-order valence-electron chi connectivity index (χ2n) is 5.26. The zero-order valence-electron chi connectivity index (χ0n) is 11.6. The van der Waals surface area contributed by atoms with Crippen molar-refractivity contribution in [3.8, 4) is 0 Å². The molecule has 1 aromatic carbocycles. The van der Waals surface area contributed by atoms with Crippen LogP contribution in [0, 0.1) is 12.8 Å². The van der Waals surface area contributed by atoms with E-state index in [2.05, 4.69) is 35.8 Å². The summed E-state index contributed by atoms with van der Waals surface area (Å²) in [7, 11) is 0. The standard InChI is InChI=1S/C15H21N3S/c1-11-6-5-8-13(10-11)17-18-15(19)16-14-9-4-3-7-12(14)2/h3-4,7,9,11H,5-6,8,10H2,1-2H3,(H2,16,18,19)/b17-13-/t11-/m1/s1. The van der Waals surface area contributed by atoms with Gasteiger partial charge in [-0.2, -0.15) is 5.10 Å². The molecule has 0 aromatic heterocycles. The van der Waals surface area contributed by atoms with Crippen LogP contribution < -0.4 is 10.7 Å². The Kier molecular flexibility index (Phi) is 4.91. The quantitative estimate of drug-likeness (QED) is 0.636. The fourth-order valence-electron chi connectivity index (χ4n) is 2.36. The lowest BCUT2D eigenvalue weighted by Crippen LogP contribution is -2.26. The van der Waals surface area contributed by atoms with Gasteiger partial charge in [-0.15, -0.1) is 0 Å². The van der Waals surface area contributed by atoms with Crippen LogP contribution >= 0.6 is 12.2 Å². The largest absolute Gasteiger partial charge is 0.331 e. The summed E-state index contributed by atoms with van der Waals surface area (Å²) >= 11 is 5.26. The van der Waals surface area contributed by atoms with E-state index >= 15 is 0 Å². The summed E-state index contributed by atoms with van der Waals surface area (Å²) in [6.45, 7) is 4.33. The summed E-state index contributed by atoms with van der Waals surface area (Å²) in [4.78, 5) is 0. The van der Waals surface area contributed by atoms with Gasteiger partial charge < -0.3 is 5.32 Å². The second kappa shape index (κ2) is 6.66. The maximum absolute atomic E-state index is 5.26. The first kappa shape index (κ1) is 14.0. The SMILES string of the molecule is Cc1ccccc1NC(=S)N/N=C1/CCC[C@@H](C)C1. The van der Waals surface area contributed by atoms with Crippen molar-refractivity contribution >= 4 is 28.7 Å². The Bertz CT molecular complexity index is 482. The number of para-hydroxylation sites is 1. The van der Waals surface area contributed by atoms with Gasteiger partial charge in [0.2, 0.25) is 0 Å². The van der Waals surface area contributed by atoms with E-state index in [1.165, 1.54) is 24.1 Å². The van der Waals surface area contributed by atoms with Gasteiger partial charge in [0.1, 0.15) is 0 Å². The number of aryl methyl sites for hydroxylation is 1. The van der Waals surface area contributed by atoms with Crippen LogP contribution in [0.15, 0.2) is 29.4 Å². The van der Waals surface area contributed by atoms with Crippen molar-refractivity contribution in [2.75, 3.05) is 5.32 Å². The van der Waals surface area contributed by atoms with Gasteiger partial charge in [0.05, 0.1) is 0 Å². The molecule has 1 aromatic rings. The van der Waals surface area contributed by atoms with E-state index in [1.54, 1.807) is 0 Å². The topological polar surface area (TPSA) is 36.4 Å². The third-order valence-corrected chi connectivity index (χ3v) is 3.65. The molecule has 4 heteroatoms. The first-order valence-electron chi connectivity index (χ1n) is 6.83. The highest BCUT2D eigenvalue weighted by Gasteiger charge is 2.13. The molecule has 102 valence electrons. The molecule has 0 unspecified atom stereocenters. The molecule has 0 radical (unpaired) electrons. The molecule has 19 heavy (non-hydrogen) atoms. The third-order valence-electron chi connectivity index (χ3n) is 3.46. The molecule has 1 fully saturated rings. The molecule has 1 aliphatic rings. The lowest BCUT2D eigenvalue weighted by molar-refractivity contribution is 0.498. The summed E-state index contributed by atoms with van der Waals surface area (Å²) in [5, 5.41) is 8.15. The Morgan fingerprint density at radius 3 is 2.89 bits per heavy atom. The summed E-state index contributed by atoms with van der Waals surface area (Å²) in [5.74, 6) is 0.743. The van der Waals surface area contributed by atoms with Gasteiger partial charge in [-0.25, -0.2) is 0 Å². The molecule has 2 N–H and O–H groups in total. The smallest absolute Gasteiger partial charge is 0.191 e. The van der Waals surface area contributed by atoms with E-state index in [9.17, 15) is 0 Å². The van der Waals surface area contributed by atoms with Gasteiger partial charge in [-0.05, 0) is 62.4 Å². The first-order chi connectivity index (χ1) is 9.15. The zero-order valence-corrected chi connectivity index (χ0v) is 12.4. The monoisotopic (exact) mass is 275 g/mol. The Labute approximate surface area is 120 Å². The molecule has 0 amide bonds. The number of nitrogens with zero attached hydrogens (tertiary/aromatic N) is 1. The fourth-order valence-corrected chi connectivity index (χ4v) is 2.51. The Morgan fingerprint density at radius 2 is 2.16 bits per heavy atom. The van der Waals surface area contributed by atoms with E-state index in [0.29, 0.717) is 5.11 Å².